The third-order valence-electron chi connectivity index (χ3n) is 4.54. The van der Waals surface area contributed by atoms with Gasteiger partial charge in [-0.15, -0.1) is 0 Å². The van der Waals surface area contributed by atoms with Crippen LogP contribution in [-0.4, -0.2) is 71.3 Å². The van der Waals surface area contributed by atoms with Crippen LogP contribution in [0.1, 0.15) is 6.42 Å². The van der Waals surface area contributed by atoms with E-state index in [9.17, 15) is 8.42 Å². The SMILES string of the molecule is CNS(=O)(=O)c1ccc(N2CCN(CC3CCOC3)CC2)nc1. The molecule has 2 fully saturated rings. The average molecular weight is 340 g/mol. The van der Waals surface area contributed by atoms with Crippen molar-refractivity contribution in [1.29, 1.82) is 0 Å². The van der Waals surface area contributed by atoms with Gasteiger partial charge < -0.3 is 9.64 Å². The Morgan fingerprint density at radius 3 is 2.65 bits per heavy atom. The summed E-state index contributed by atoms with van der Waals surface area (Å²) in [6.07, 6.45) is 2.59. The molecule has 128 valence electrons. The van der Waals surface area contributed by atoms with Gasteiger partial charge in [-0.05, 0) is 31.5 Å². The molecule has 2 aliphatic heterocycles. The number of ether oxygens (including phenoxy) is 1. The standard InChI is InChI=1S/C15H24N4O3S/c1-16-23(20,21)14-2-3-15(17-10-14)19-7-5-18(6-8-19)11-13-4-9-22-12-13/h2-3,10,13,16H,4-9,11-12H2,1H3. The predicted molar refractivity (Wildman–Crippen MR) is 88.1 cm³/mol. The van der Waals surface area contributed by atoms with Crippen LogP contribution in [0.5, 0.6) is 0 Å². The van der Waals surface area contributed by atoms with Gasteiger partial charge in [-0.2, -0.15) is 0 Å². The van der Waals surface area contributed by atoms with Crippen LogP contribution in [0.3, 0.4) is 0 Å². The van der Waals surface area contributed by atoms with Crippen LogP contribution in [0.25, 0.3) is 0 Å². The smallest absolute Gasteiger partial charge is 0.241 e. The highest BCUT2D eigenvalue weighted by Gasteiger charge is 2.23. The van der Waals surface area contributed by atoms with Gasteiger partial charge in [-0.3, -0.25) is 4.90 Å². The topological polar surface area (TPSA) is 74.8 Å². The summed E-state index contributed by atoms with van der Waals surface area (Å²) in [5.74, 6) is 1.51. The van der Waals surface area contributed by atoms with E-state index in [4.69, 9.17) is 4.74 Å². The number of nitrogens with zero attached hydrogens (tertiary/aromatic N) is 3. The largest absolute Gasteiger partial charge is 0.381 e. The molecular weight excluding hydrogens is 316 g/mol. The Balaban J connectivity index is 1.55. The fourth-order valence-corrected chi connectivity index (χ4v) is 3.76. The Labute approximate surface area is 137 Å². The molecule has 23 heavy (non-hydrogen) atoms. The number of aromatic nitrogens is 1. The van der Waals surface area contributed by atoms with E-state index in [1.165, 1.54) is 19.7 Å². The summed E-state index contributed by atoms with van der Waals surface area (Å²) in [7, 11) is -2.02. The van der Waals surface area contributed by atoms with Crippen molar-refractivity contribution in [2.24, 2.45) is 5.92 Å². The Bertz CT molecular complexity index is 606. The molecule has 2 aliphatic rings. The number of sulfonamides is 1. The van der Waals surface area contributed by atoms with E-state index in [0.717, 1.165) is 51.8 Å². The number of rotatable bonds is 5. The van der Waals surface area contributed by atoms with Crippen molar-refractivity contribution in [2.45, 2.75) is 11.3 Å². The van der Waals surface area contributed by atoms with Crippen molar-refractivity contribution in [3.05, 3.63) is 18.3 Å². The molecule has 0 aliphatic carbocycles. The molecule has 1 N–H and O–H groups in total. The van der Waals surface area contributed by atoms with Gasteiger partial charge in [0.15, 0.2) is 0 Å². The zero-order valence-corrected chi connectivity index (χ0v) is 14.3. The summed E-state index contributed by atoms with van der Waals surface area (Å²) in [6, 6.07) is 3.39. The van der Waals surface area contributed by atoms with Crippen LogP contribution < -0.4 is 9.62 Å². The first-order valence-electron chi connectivity index (χ1n) is 8.03. The number of pyridine rings is 1. The molecule has 8 heteroatoms. The quantitative estimate of drug-likeness (QED) is 0.822. The molecule has 3 rings (SSSR count). The van der Waals surface area contributed by atoms with Crippen molar-refractivity contribution in [2.75, 3.05) is 57.9 Å². The minimum atomic E-state index is -3.42. The van der Waals surface area contributed by atoms with Gasteiger partial charge in [0, 0.05) is 45.5 Å². The lowest BCUT2D eigenvalue weighted by Gasteiger charge is -2.36. The molecule has 0 amide bonds. The zero-order chi connectivity index (χ0) is 16.3. The summed E-state index contributed by atoms with van der Waals surface area (Å²) >= 11 is 0. The van der Waals surface area contributed by atoms with E-state index < -0.39 is 10.0 Å². The second kappa shape index (κ2) is 7.12. The summed E-state index contributed by atoms with van der Waals surface area (Å²) in [6.45, 7) is 6.75. The molecule has 1 aromatic rings. The zero-order valence-electron chi connectivity index (χ0n) is 13.4. The highest BCUT2D eigenvalue weighted by atomic mass is 32.2. The van der Waals surface area contributed by atoms with Crippen molar-refractivity contribution >= 4 is 15.8 Å². The van der Waals surface area contributed by atoms with Crippen LogP contribution in [0, 0.1) is 5.92 Å². The molecule has 1 atom stereocenters. The first-order chi connectivity index (χ1) is 11.1. The van der Waals surface area contributed by atoms with Crippen LogP contribution in [0.4, 0.5) is 5.82 Å². The number of nitrogens with one attached hydrogen (secondary N) is 1. The molecule has 0 aromatic carbocycles. The van der Waals surface area contributed by atoms with Crippen LogP contribution in [0.2, 0.25) is 0 Å². The highest BCUT2D eigenvalue weighted by molar-refractivity contribution is 7.89. The molecule has 2 saturated heterocycles. The Hall–Kier alpha value is -1.22. The third-order valence-corrected chi connectivity index (χ3v) is 5.94. The molecule has 7 nitrogen and oxygen atoms in total. The van der Waals surface area contributed by atoms with Crippen LogP contribution in [-0.2, 0) is 14.8 Å². The Morgan fingerprint density at radius 2 is 2.09 bits per heavy atom. The summed E-state index contributed by atoms with van der Waals surface area (Å²) in [4.78, 5) is 9.20. The lowest BCUT2D eigenvalue weighted by Crippen LogP contribution is -2.48. The van der Waals surface area contributed by atoms with Gasteiger partial charge in [-0.25, -0.2) is 18.1 Å². The normalized spacial score (nSPS) is 23.3. The summed E-state index contributed by atoms with van der Waals surface area (Å²) < 4.78 is 31.2. The van der Waals surface area contributed by atoms with E-state index in [1.54, 1.807) is 12.1 Å². The minimum absolute atomic E-state index is 0.198. The lowest BCUT2D eigenvalue weighted by molar-refractivity contribution is 0.164. The monoisotopic (exact) mass is 340 g/mol. The highest BCUT2D eigenvalue weighted by Crippen LogP contribution is 2.18. The second-order valence-electron chi connectivity index (χ2n) is 6.08. The molecule has 0 spiro atoms. The van der Waals surface area contributed by atoms with E-state index >= 15 is 0 Å². The lowest BCUT2D eigenvalue weighted by atomic mass is 10.1. The maximum atomic E-state index is 11.7. The molecule has 1 aromatic heterocycles. The minimum Gasteiger partial charge on any atom is -0.381 e. The van der Waals surface area contributed by atoms with E-state index in [2.05, 4.69) is 19.5 Å². The van der Waals surface area contributed by atoms with Gasteiger partial charge in [0.2, 0.25) is 10.0 Å². The maximum Gasteiger partial charge on any atom is 0.241 e. The van der Waals surface area contributed by atoms with Crippen molar-refractivity contribution in [3.63, 3.8) is 0 Å². The molecule has 0 bridgehead atoms. The molecule has 3 heterocycles. The van der Waals surface area contributed by atoms with Crippen molar-refractivity contribution in [3.8, 4) is 0 Å². The van der Waals surface area contributed by atoms with Gasteiger partial charge in [-0.1, -0.05) is 0 Å². The van der Waals surface area contributed by atoms with Gasteiger partial charge in [0.05, 0.1) is 6.61 Å². The molecule has 1 unspecified atom stereocenters. The first kappa shape index (κ1) is 16.6. The van der Waals surface area contributed by atoms with E-state index in [1.807, 2.05) is 0 Å². The average Bonchev–Trinajstić information content (AvgIpc) is 3.09. The van der Waals surface area contributed by atoms with Gasteiger partial charge >= 0.3 is 0 Å². The first-order valence-corrected chi connectivity index (χ1v) is 9.51. The van der Waals surface area contributed by atoms with E-state index in [0.29, 0.717) is 5.92 Å². The van der Waals surface area contributed by atoms with Crippen molar-refractivity contribution < 1.29 is 13.2 Å². The molecule has 0 radical (unpaired) electrons. The molecule has 0 saturated carbocycles. The predicted octanol–water partition coefficient (Wildman–Crippen LogP) is 0.148. The van der Waals surface area contributed by atoms with Crippen molar-refractivity contribution in [1.82, 2.24) is 14.6 Å². The number of hydrogen-bond donors (Lipinski definition) is 1. The fourth-order valence-electron chi connectivity index (χ4n) is 3.09. The fraction of sp³-hybridized carbons (Fsp3) is 0.667. The van der Waals surface area contributed by atoms with Gasteiger partial charge in [0.1, 0.15) is 10.7 Å². The van der Waals surface area contributed by atoms with Gasteiger partial charge in [0.25, 0.3) is 0 Å². The Morgan fingerprint density at radius 1 is 1.30 bits per heavy atom. The maximum absolute atomic E-state index is 11.7. The number of piperazine rings is 1. The summed E-state index contributed by atoms with van der Waals surface area (Å²) in [5, 5.41) is 0. The molecular formula is C15H24N4O3S. The van der Waals surface area contributed by atoms with Crippen LogP contribution in [0.15, 0.2) is 23.2 Å². The number of hydrogen-bond acceptors (Lipinski definition) is 6. The van der Waals surface area contributed by atoms with E-state index in [-0.39, 0.29) is 4.90 Å². The van der Waals surface area contributed by atoms with Crippen LogP contribution >= 0.6 is 0 Å². The summed E-state index contributed by atoms with van der Waals surface area (Å²) in [5.41, 5.74) is 0. The number of anilines is 1. The third kappa shape index (κ3) is 4.00. The second-order valence-corrected chi connectivity index (χ2v) is 7.96. The Kier molecular flexibility index (Phi) is 5.15.